The molecule has 0 fully saturated rings. The number of nitrogens with zero attached hydrogens (tertiary/aromatic N) is 1. The van der Waals surface area contributed by atoms with Gasteiger partial charge in [0.2, 0.25) is 0 Å². The highest BCUT2D eigenvalue weighted by atomic mass is 16.5. The second-order valence-corrected chi connectivity index (χ2v) is 8.38. The smallest absolute Gasteiger partial charge is 0.338 e. The molecule has 0 aromatic heterocycles. The average Bonchev–Trinajstić information content (AvgIpc) is 2.72. The molecule has 1 N–H and O–H groups in total. The number of likely N-dealkylation sites (N-methyl/N-ethyl adjacent to an activating group) is 1. The Kier molecular flexibility index (Phi) is 6.92. The van der Waals surface area contributed by atoms with Crippen LogP contribution in [0.15, 0.2) is 41.6 Å². The molecule has 0 saturated carbocycles. The van der Waals surface area contributed by atoms with E-state index in [1.54, 1.807) is 14.0 Å². The number of esters is 1. The topological polar surface area (TPSA) is 67.9 Å². The van der Waals surface area contributed by atoms with Crippen molar-refractivity contribution in [2.75, 3.05) is 20.3 Å². The summed E-state index contributed by atoms with van der Waals surface area (Å²) in [6.07, 6.45) is 0. The third kappa shape index (κ3) is 4.64. The van der Waals surface area contributed by atoms with E-state index in [-0.39, 0.29) is 19.2 Å². The molecule has 0 aliphatic carbocycles. The molecule has 0 bridgehead atoms. The van der Waals surface area contributed by atoms with Crippen molar-refractivity contribution in [1.82, 2.24) is 10.2 Å². The van der Waals surface area contributed by atoms with Gasteiger partial charge >= 0.3 is 12.0 Å². The molecule has 1 aliphatic heterocycles. The Labute approximate surface area is 190 Å². The molecule has 0 saturated heterocycles. The van der Waals surface area contributed by atoms with Crippen molar-refractivity contribution in [3.63, 3.8) is 0 Å². The number of nitrogens with one attached hydrogen (secondary N) is 1. The van der Waals surface area contributed by atoms with E-state index in [9.17, 15) is 9.59 Å². The molecule has 6 nitrogen and oxygen atoms in total. The number of ether oxygens (including phenoxy) is 2. The minimum Gasteiger partial charge on any atom is -0.487 e. The predicted molar refractivity (Wildman–Crippen MR) is 125 cm³/mol. The maximum atomic E-state index is 13.1. The zero-order valence-corrected chi connectivity index (χ0v) is 20.0. The fraction of sp³-hybridized carbons (Fsp3) is 0.385. The van der Waals surface area contributed by atoms with Crippen molar-refractivity contribution in [2.24, 2.45) is 0 Å². The number of benzene rings is 2. The number of hydrogen-bond acceptors (Lipinski definition) is 4. The number of rotatable bonds is 6. The SMILES string of the molecule is CCOC(=O)C1=C(COc2cc(C)cc(C)c2C)N(C)C(=O)N[C@@H]1c1ccc(C)cc1C. The first kappa shape index (κ1) is 23.4. The van der Waals surface area contributed by atoms with Gasteiger partial charge in [0.25, 0.3) is 0 Å². The Morgan fingerprint density at radius 3 is 2.38 bits per heavy atom. The molecule has 170 valence electrons. The molecule has 1 aliphatic rings. The summed E-state index contributed by atoms with van der Waals surface area (Å²) in [5.74, 6) is 0.278. The van der Waals surface area contributed by atoms with Crippen molar-refractivity contribution >= 4 is 12.0 Å². The molecule has 2 aromatic rings. The number of hydrogen-bond donors (Lipinski definition) is 1. The normalized spacial score (nSPS) is 16.2. The minimum absolute atomic E-state index is 0.0726. The van der Waals surface area contributed by atoms with Crippen molar-refractivity contribution in [2.45, 2.75) is 47.6 Å². The maximum absolute atomic E-state index is 13.1. The average molecular weight is 437 g/mol. The lowest BCUT2D eigenvalue weighted by Gasteiger charge is -2.35. The van der Waals surface area contributed by atoms with Crippen LogP contribution in [0.4, 0.5) is 4.79 Å². The van der Waals surface area contributed by atoms with Gasteiger partial charge in [-0.15, -0.1) is 0 Å². The standard InChI is InChI=1S/C26H32N2O4/c1-8-31-25(29)23-21(14-32-22-13-16(3)12-17(4)19(22)6)28(7)26(30)27-24(23)20-10-9-15(2)11-18(20)5/h9-13,24H,8,14H2,1-7H3,(H,27,30)/t24-/m1/s1. The van der Waals surface area contributed by atoms with E-state index in [1.807, 2.05) is 58.9 Å². The van der Waals surface area contributed by atoms with Gasteiger partial charge in [-0.25, -0.2) is 9.59 Å². The molecule has 0 radical (unpaired) electrons. The Morgan fingerprint density at radius 2 is 1.72 bits per heavy atom. The van der Waals surface area contributed by atoms with E-state index < -0.39 is 12.0 Å². The number of carbonyl (C=O) groups is 2. The molecule has 1 heterocycles. The number of aryl methyl sites for hydroxylation is 4. The molecule has 0 unspecified atom stereocenters. The first-order chi connectivity index (χ1) is 15.1. The first-order valence-electron chi connectivity index (χ1n) is 10.9. The molecular formula is C26H32N2O4. The summed E-state index contributed by atoms with van der Waals surface area (Å²) in [5.41, 5.74) is 7.10. The van der Waals surface area contributed by atoms with Crippen molar-refractivity contribution in [3.8, 4) is 5.75 Å². The lowest BCUT2D eigenvalue weighted by Crippen LogP contribution is -2.48. The van der Waals surface area contributed by atoms with Crippen LogP contribution in [-0.2, 0) is 9.53 Å². The van der Waals surface area contributed by atoms with Gasteiger partial charge in [0, 0.05) is 7.05 Å². The summed E-state index contributed by atoms with van der Waals surface area (Å²) >= 11 is 0. The van der Waals surface area contributed by atoms with Gasteiger partial charge in [-0.2, -0.15) is 0 Å². The van der Waals surface area contributed by atoms with Crippen molar-refractivity contribution in [1.29, 1.82) is 0 Å². The second kappa shape index (κ2) is 9.47. The van der Waals surface area contributed by atoms with Crippen LogP contribution >= 0.6 is 0 Å². The summed E-state index contributed by atoms with van der Waals surface area (Å²) in [5, 5.41) is 2.96. The Hall–Kier alpha value is -3.28. The minimum atomic E-state index is -0.614. The molecule has 32 heavy (non-hydrogen) atoms. The lowest BCUT2D eigenvalue weighted by molar-refractivity contribution is -0.139. The van der Waals surface area contributed by atoms with Crippen LogP contribution in [0.2, 0.25) is 0 Å². The van der Waals surface area contributed by atoms with E-state index in [4.69, 9.17) is 9.47 Å². The van der Waals surface area contributed by atoms with Gasteiger partial charge in [0.15, 0.2) is 0 Å². The van der Waals surface area contributed by atoms with E-state index in [0.717, 1.165) is 39.1 Å². The van der Waals surface area contributed by atoms with Crippen molar-refractivity contribution < 1.29 is 19.1 Å². The van der Waals surface area contributed by atoms with Crippen LogP contribution < -0.4 is 10.1 Å². The number of amides is 2. The molecule has 2 aromatic carbocycles. The third-order valence-electron chi connectivity index (χ3n) is 5.94. The zero-order valence-electron chi connectivity index (χ0n) is 20.0. The molecule has 2 amide bonds. The summed E-state index contributed by atoms with van der Waals surface area (Å²) in [7, 11) is 1.64. The monoisotopic (exact) mass is 436 g/mol. The van der Waals surface area contributed by atoms with Crippen molar-refractivity contribution in [3.05, 3.63) is 75.0 Å². The predicted octanol–water partition coefficient (Wildman–Crippen LogP) is 4.82. The lowest BCUT2D eigenvalue weighted by atomic mass is 9.91. The van der Waals surface area contributed by atoms with Gasteiger partial charge in [0.1, 0.15) is 12.4 Å². The van der Waals surface area contributed by atoms with Gasteiger partial charge < -0.3 is 14.8 Å². The van der Waals surface area contributed by atoms with E-state index in [2.05, 4.69) is 11.4 Å². The maximum Gasteiger partial charge on any atom is 0.338 e. The van der Waals surface area contributed by atoms with Gasteiger partial charge in [-0.1, -0.05) is 29.8 Å². The van der Waals surface area contributed by atoms with Crippen LogP contribution in [-0.4, -0.2) is 37.2 Å². The quantitative estimate of drug-likeness (QED) is 0.659. The van der Waals surface area contributed by atoms with Gasteiger partial charge in [-0.05, 0) is 75.4 Å². The molecule has 1 atom stereocenters. The fourth-order valence-electron chi connectivity index (χ4n) is 4.06. The summed E-state index contributed by atoms with van der Waals surface area (Å²) in [6.45, 7) is 12.1. The Morgan fingerprint density at radius 1 is 1.03 bits per heavy atom. The van der Waals surface area contributed by atoms with E-state index in [0.29, 0.717) is 11.3 Å². The summed E-state index contributed by atoms with van der Waals surface area (Å²) in [6, 6.07) is 9.13. The van der Waals surface area contributed by atoms with E-state index >= 15 is 0 Å². The fourth-order valence-corrected chi connectivity index (χ4v) is 4.06. The van der Waals surface area contributed by atoms with Crippen LogP contribution in [0, 0.1) is 34.6 Å². The van der Waals surface area contributed by atoms with Crippen LogP contribution in [0.5, 0.6) is 5.75 Å². The number of urea groups is 1. The summed E-state index contributed by atoms with van der Waals surface area (Å²) < 4.78 is 11.6. The van der Waals surface area contributed by atoms with Crippen LogP contribution in [0.3, 0.4) is 0 Å². The third-order valence-corrected chi connectivity index (χ3v) is 5.94. The summed E-state index contributed by atoms with van der Waals surface area (Å²) in [4.78, 5) is 27.4. The Balaban J connectivity index is 2.10. The molecule has 6 heteroatoms. The van der Waals surface area contributed by atoms with Crippen LogP contribution in [0.25, 0.3) is 0 Å². The zero-order chi connectivity index (χ0) is 23.6. The highest BCUT2D eigenvalue weighted by molar-refractivity contribution is 5.95. The second-order valence-electron chi connectivity index (χ2n) is 8.38. The van der Waals surface area contributed by atoms with Gasteiger partial charge in [0.05, 0.1) is 23.9 Å². The highest BCUT2D eigenvalue weighted by Gasteiger charge is 2.37. The molecule has 3 rings (SSSR count). The first-order valence-corrected chi connectivity index (χ1v) is 10.9. The molecular weight excluding hydrogens is 404 g/mol. The largest absolute Gasteiger partial charge is 0.487 e. The molecule has 0 spiro atoms. The van der Waals surface area contributed by atoms with E-state index in [1.165, 1.54) is 4.90 Å². The highest BCUT2D eigenvalue weighted by Crippen LogP contribution is 2.34. The van der Waals surface area contributed by atoms with Crippen LogP contribution in [0.1, 0.15) is 46.3 Å². The number of carbonyl (C=O) groups excluding carboxylic acids is 2. The van der Waals surface area contributed by atoms with Gasteiger partial charge in [-0.3, -0.25) is 4.90 Å². The Bertz CT molecular complexity index is 1090.